The van der Waals surface area contributed by atoms with Crippen molar-refractivity contribution in [2.24, 2.45) is 0 Å². The average Bonchev–Trinajstić information content (AvgIpc) is 3.10. The highest BCUT2D eigenvalue weighted by molar-refractivity contribution is 5.50. The van der Waals surface area contributed by atoms with Gasteiger partial charge in [-0.15, -0.1) is 5.10 Å². The van der Waals surface area contributed by atoms with Crippen LogP contribution in [-0.4, -0.2) is 30.2 Å². The van der Waals surface area contributed by atoms with Crippen LogP contribution in [0.5, 0.6) is 0 Å². The second-order valence-electron chi connectivity index (χ2n) is 3.74. The quantitative estimate of drug-likeness (QED) is 0.711. The van der Waals surface area contributed by atoms with Crippen molar-refractivity contribution in [3.63, 3.8) is 0 Å². The number of anilines is 1. The molecule has 0 spiro atoms. The van der Waals surface area contributed by atoms with Gasteiger partial charge in [-0.25, -0.2) is 9.67 Å². The number of hydrogen-bond donors (Lipinski definition) is 2. The molecule has 0 bridgehead atoms. The fourth-order valence-electron chi connectivity index (χ4n) is 1.62. The van der Waals surface area contributed by atoms with Gasteiger partial charge in [0.1, 0.15) is 6.33 Å². The molecule has 1 aromatic carbocycles. The van der Waals surface area contributed by atoms with Crippen LogP contribution in [0.25, 0.3) is 5.69 Å². The third-order valence-corrected chi connectivity index (χ3v) is 2.50. The van der Waals surface area contributed by atoms with Crippen molar-refractivity contribution in [1.82, 2.24) is 30.2 Å². The van der Waals surface area contributed by atoms with Crippen molar-refractivity contribution >= 4 is 5.69 Å². The van der Waals surface area contributed by atoms with E-state index in [1.165, 1.54) is 0 Å². The zero-order valence-electron chi connectivity index (χ0n) is 9.48. The maximum Gasteiger partial charge on any atom is 0.143 e. The number of aromatic nitrogens is 6. The average molecular weight is 241 g/mol. The predicted octanol–water partition coefficient (Wildman–Crippen LogP) is 0.997. The normalized spacial score (nSPS) is 10.4. The van der Waals surface area contributed by atoms with E-state index in [0.717, 1.165) is 17.1 Å². The van der Waals surface area contributed by atoms with E-state index in [4.69, 9.17) is 0 Å². The molecular formula is C11H11N7. The zero-order valence-corrected chi connectivity index (χ0v) is 9.48. The Morgan fingerprint density at radius 3 is 3.11 bits per heavy atom. The number of aromatic amines is 1. The van der Waals surface area contributed by atoms with Gasteiger partial charge in [-0.3, -0.25) is 0 Å². The van der Waals surface area contributed by atoms with Gasteiger partial charge in [0, 0.05) is 11.9 Å². The molecule has 90 valence electrons. The van der Waals surface area contributed by atoms with Crippen LogP contribution >= 0.6 is 0 Å². The lowest BCUT2D eigenvalue weighted by Crippen LogP contribution is -2.01. The van der Waals surface area contributed by atoms with Crippen molar-refractivity contribution in [2.45, 2.75) is 6.54 Å². The Bertz CT molecular complexity index is 600. The second kappa shape index (κ2) is 4.66. The second-order valence-corrected chi connectivity index (χ2v) is 3.74. The summed E-state index contributed by atoms with van der Waals surface area (Å²) in [4.78, 5) is 7.00. The van der Waals surface area contributed by atoms with Crippen molar-refractivity contribution < 1.29 is 0 Å². The van der Waals surface area contributed by atoms with Gasteiger partial charge in [-0.05, 0) is 28.6 Å². The molecular weight excluding hydrogens is 230 g/mol. The Kier molecular flexibility index (Phi) is 2.71. The topological polar surface area (TPSA) is 84.3 Å². The number of hydrogen-bond acceptors (Lipinski definition) is 5. The summed E-state index contributed by atoms with van der Waals surface area (Å²) in [7, 11) is 0. The zero-order chi connectivity index (χ0) is 12.2. The number of tetrazole rings is 1. The summed E-state index contributed by atoms with van der Waals surface area (Å²) in [5, 5.41) is 14.4. The molecule has 7 heteroatoms. The lowest BCUT2D eigenvalue weighted by molar-refractivity contribution is 0.789. The molecule has 0 aliphatic rings. The number of benzene rings is 1. The van der Waals surface area contributed by atoms with Gasteiger partial charge < -0.3 is 10.3 Å². The first-order chi connectivity index (χ1) is 8.92. The first kappa shape index (κ1) is 10.5. The van der Waals surface area contributed by atoms with Crippen LogP contribution in [0, 0.1) is 0 Å². The summed E-state index contributed by atoms with van der Waals surface area (Å²) < 4.78 is 1.61. The number of nitrogens with one attached hydrogen (secondary N) is 2. The molecule has 3 rings (SSSR count). The van der Waals surface area contributed by atoms with Crippen LogP contribution in [0.2, 0.25) is 0 Å². The van der Waals surface area contributed by atoms with E-state index in [1.807, 2.05) is 24.3 Å². The van der Waals surface area contributed by atoms with E-state index in [0.29, 0.717) is 6.54 Å². The minimum atomic E-state index is 0.694. The maximum absolute atomic E-state index is 3.97. The van der Waals surface area contributed by atoms with Crippen LogP contribution in [-0.2, 0) is 6.54 Å². The Hall–Kier alpha value is -2.70. The van der Waals surface area contributed by atoms with E-state index in [-0.39, 0.29) is 0 Å². The monoisotopic (exact) mass is 241 g/mol. The molecule has 0 radical (unpaired) electrons. The van der Waals surface area contributed by atoms with E-state index < -0.39 is 0 Å². The highest BCUT2D eigenvalue weighted by atomic mass is 15.5. The molecule has 2 N–H and O–H groups in total. The largest absolute Gasteiger partial charge is 0.379 e. The number of rotatable bonds is 4. The lowest BCUT2D eigenvalue weighted by atomic mass is 10.2. The Balaban J connectivity index is 1.75. The van der Waals surface area contributed by atoms with Crippen molar-refractivity contribution in [2.75, 3.05) is 5.32 Å². The Morgan fingerprint density at radius 2 is 2.33 bits per heavy atom. The minimum Gasteiger partial charge on any atom is -0.379 e. The Labute approximate surface area is 103 Å². The van der Waals surface area contributed by atoms with E-state index in [2.05, 4.69) is 30.8 Å². The molecule has 7 nitrogen and oxygen atoms in total. The molecule has 18 heavy (non-hydrogen) atoms. The van der Waals surface area contributed by atoms with Crippen LogP contribution < -0.4 is 5.32 Å². The fraction of sp³-hybridized carbons (Fsp3) is 0.0909. The minimum absolute atomic E-state index is 0.694. The van der Waals surface area contributed by atoms with Gasteiger partial charge in [0.25, 0.3) is 0 Å². The number of imidazole rings is 1. The summed E-state index contributed by atoms with van der Waals surface area (Å²) >= 11 is 0. The molecule has 2 heterocycles. The van der Waals surface area contributed by atoms with Crippen LogP contribution in [0.15, 0.2) is 43.1 Å². The molecule has 0 aliphatic carbocycles. The molecule has 0 unspecified atom stereocenters. The lowest BCUT2D eigenvalue weighted by Gasteiger charge is -2.06. The molecule has 0 atom stereocenters. The van der Waals surface area contributed by atoms with Gasteiger partial charge in [0.05, 0.1) is 24.3 Å². The molecule has 0 fully saturated rings. The van der Waals surface area contributed by atoms with Crippen LogP contribution in [0.4, 0.5) is 5.69 Å². The van der Waals surface area contributed by atoms with E-state index >= 15 is 0 Å². The smallest absolute Gasteiger partial charge is 0.143 e. The SMILES string of the molecule is c1cc(NCc2cnc[nH]2)cc(-n2cnnn2)c1. The van der Waals surface area contributed by atoms with Gasteiger partial charge in [-0.1, -0.05) is 6.07 Å². The van der Waals surface area contributed by atoms with E-state index in [1.54, 1.807) is 23.5 Å². The highest BCUT2D eigenvalue weighted by Crippen LogP contribution is 2.13. The summed E-state index contributed by atoms with van der Waals surface area (Å²) in [6.45, 7) is 0.694. The number of nitrogens with zero attached hydrogens (tertiary/aromatic N) is 5. The molecule has 0 saturated heterocycles. The summed E-state index contributed by atoms with van der Waals surface area (Å²) in [5.41, 5.74) is 2.94. The third-order valence-electron chi connectivity index (χ3n) is 2.50. The molecule has 2 aromatic heterocycles. The summed E-state index contributed by atoms with van der Waals surface area (Å²) in [6, 6.07) is 7.86. The van der Waals surface area contributed by atoms with Crippen molar-refractivity contribution in [3.8, 4) is 5.69 Å². The summed E-state index contributed by atoms with van der Waals surface area (Å²) in [5.74, 6) is 0. The van der Waals surface area contributed by atoms with Crippen molar-refractivity contribution in [3.05, 3.63) is 48.8 Å². The maximum atomic E-state index is 3.97. The van der Waals surface area contributed by atoms with Gasteiger partial charge >= 0.3 is 0 Å². The third kappa shape index (κ3) is 2.19. The van der Waals surface area contributed by atoms with Gasteiger partial charge in [-0.2, -0.15) is 0 Å². The molecule has 0 amide bonds. The molecule has 0 saturated carbocycles. The summed E-state index contributed by atoms with van der Waals surface area (Å²) in [6.07, 6.45) is 5.01. The van der Waals surface area contributed by atoms with Gasteiger partial charge in [0.15, 0.2) is 0 Å². The van der Waals surface area contributed by atoms with Crippen molar-refractivity contribution in [1.29, 1.82) is 0 Å². The fourth-order valence-corrected chi connectivity index (χ4v) is 1.62. The van der Waals surface area contributed by atoms with Gasteiger partial charge in [0.2, 0.25) is 0 Å². The highest BCUT2D eigenvalue weighted by Gasteiger charge is 2.00. The first-order valence-corrected chi connectivity index (χ1v) is 5.46. The molecule has 0 aliphatic heterocycles. The van der Waals surface area contributed by atoms with E-state index in [9.17, 15) is 0 Å². The van der Waals surface area contributed by atoms with Crippen LogP contribution in [0.1, 0.15) is 5.69 Å². The Morgan fingerprint density at radius 1 is 1.33 bits per heavy atom. The predicted molar refractivity (Wildman–Crippen MR) is 65.1 cm³/mol. The standard InChI is InChI=1S/C11H11N7/c1-2-9(13-6-10-5-12-7-14-10)4-11(3-1)18-8-15-16-17-18/h1-5,7-8,13H,6H2,(H,12,14). The molecule has 3 aromatic rings. The first-order valence-electron chi connectivity index (χ1n) is 5.46. The van der Waals surface area contributed by atoms with Crippen LogP contribution in [0.3, 0.4) is 0 Å². The number of H-pyrrole nitrogens is 1.